The van der Waals surface area contributed by atoms with Crippen LogP contribution in [0.3, 0.4) is 0 Å². The normalized spacial score (nSPS) is 10.1. The summed E-state index contributed by atoms with van der Waals surface area (Å²) in [5.74, 6) is 2.09. The lowest BCUT2D eigenvalue weighted by Gasteiger charge is -2.09. The molecule has 94 valence electrons. The Morgan fingerprint density at radius 1 is 1.11 bits per heavy atom. The van der Waals surface area contributed by atoms with Crippen LogP contribution in [0, 0.1) is 0 Å². The number of anilines is 2. The van der Waals surface area contributed by atoms with Crippen LogP contribution in [-0.4, -0.2) is 35.3 Å². The Morgan fingerprint density at radius 3 is 2.50 bits per heavy atom. The van der Waals surface area contributed by atoms with E-state index in [1.807, 2.05) is 43.4 Å². The van der Waals surface area contributed by atoms with Crippen molar-refractivity contribution in [3.05, 3.63) is 36.4 Å². The summed E-state index contributed by atoms with van der Waals surface area (Å²) in [5.41, 5.74) is 0.960. The minimum absolute atomic E-state index is 0.0690. The molecule has 0 radical (unpaired) electrons. The molecule has 1 heterocycles. The van der Waals surface area contributed by atoms with Gasteiger partial charge in [-0.25, -0.2) is 9.97 Å². The number of aliphatic hydroxyl groups is 1. The number of hydrogen-bond donors (Lipinski definition) is 3. The van der Waals surface area contributed by atoms with E-state index in [1.54, 1.807) is 0 Å². The van der Waals surface area contributed by atoms with Crippen LogP contribution in [0.2, 0.25) is 0 Å². The van der Waals surface area contributed by atoms with Crippen LogP contribution in [-0.2, 0) is 0 Å². The summed E-state index contributed by atoms with van der Waals surface area (Å²) >= 11 is 0. The Balaban J connectivity index is 2.35. The molecule has 0 aliphatic carbocycles. The highest BCUT2D eigenvalue weighted by Crippen LogP contribution is 2.19. The average Bonchev–Trinajstić information content (AvgIpc) is 2.45. The zero-order valence-corrected chi connectivity index (χ0v) is 10.2. The number of benzene rings is 1. The fourth-order valence-corrected chi connectivity index (χ4v) is 1.57. The molecule has 5 heteroatoms. The third-order valence-corrected chi connectivity index (χ3v) is 2.43. The molecule has 2 aromatic rings. The molecule has 0 atom stereocenters. The maximum atomic E-state index is 8.82. The molecule has 18 heavy (non-hydrogen) atoms. The SMILES string of the molecule is CNc1cc(NCCO)nc(-c2ccccc2)n1. The van der Waals surface area contributed by atoms with Gasteiger partial charge in [0, 0.05) is 25.2 Å². The lowest BCUT2D eigenvalue weighted by Crippen LogP contribution is -2.08. The molecule has 1 aromatic carbocycles. The molecule has 0 aliphatic heterocycles. The van der Waals surface area contributed by atoms with E-state index in [2.05, 4.69) is 20.6 Å². The second-order valence-corrected chi connectivity index (χ2v) is 3.73. The van der Waals surface area contributed by atoms with E-state index in [0.29, 0.717) is 18.2 Å². The van der Waals surface area contributed by atoms with Crippen LogP contribution in [0.5, 0.6) is 0 Å². The van der Waals surface area contributed by atoms with Gasteiger partial charge in [-0.15, -0.1) is 0 Å². The first-order valence-corrected chi connectivity index (χ1v) is 5.80. The van der Waals surface area contributed by atoms with E-state index in [0.717, 1.165) is 11.4 Å². The molecule has 0 amide bonds. The summed E-state index contributed by atoms with van der Waals surface area (Å²) in [6.07, 6.45) is 0. The summed E-state index contributed by atoms with van der Waals surface area (Å²) < 4.78 is 0. The first-order valence-electron chi connectivity index (χ1n) is 5.80. The van der Waals surface area contributed by atoms with Crippen molar-refractivity contribution in [2.75, 3.05) is 30.8 Å². The second-order valence-electron chi connectivity index (χ2n) is 3.73. The minimum atomic E-state index is 0.0690. The Morgan fingerprint density at radius 2 is 1.83 bits per heavy atom. The topological polar surface area (TPSA) is 70.1 Å². The third kappa shape index (κ3) is 2.95. The Labute approximate surface area is 106 Å². The standard InChI is InChI=1S/C13H16N4O/c1-14-11-9-12(15-7-8-18)17-13(16-11)10-5-3-2-4-6-10/h2-6,9,18H,7-8H2,1H3,(H2,14,15,16,17). The third-order valence-electron chi connectivity index (χ3n) is 2.43. The largest absolute Gasteiger partial charge is 0.395 e. The summed E-state index contributed by atoms with van der Waals surface area (Å²) in [6, 6.07) is 11.6. The molecule has 1 aromatic heterocycles. The lowest BCUT2D eigenvalue weighted by atomic mass is 10.2. The smallest absolute Gasteiger partial charge is 0.163 e. The van der Waals surface area contributed by atoms with Gasteiger partial charge in [0.25, 0.3) is 0 Å². The fraction of sp³-hybridized carbons (Fsp3) is 0.231. The van der Waals surface area contributed by atoms with Gasteiger partial charge >= 0.3 is 0 Å². The maximum Gasteiger partial charge on any atom is 0.163 e. The highest BCUT2D eigenvalue weighted by Gasteiger charge is 2.05. The highest BCUT2D eigenvalue weighted by atomic mass is 16.3. The van der Waals surface area contributed by atoms with Crippen LogP contribution in [0.4, 0.5) is 11.6 Å². The van der Waals surface area contributed by atoms with Gasteiger partial charge in [0.1, 0.15) is 11.6 Å². The number of aliphatic hydroxyl groups excluding tert-OH is 1. The molecule has 0 saturated carbocycles. The van der Waals surface area contributed by atoms with Gasteiger partial charge in [-0.1, -0.05) is 30.3 Å². The van der Waals surface area contributed by atoms with Crippen molar-refractivity contribution in [3.63, 3.8) is 0 Å². The van der Waals surface area contributed by atoms with Crippen molar-refractivity contribution >= 4 is 11.6 Å². The van der Waals surface area contributed by atoms with Crippen LogP contribution < -0.4 is 10.6 Å². The predicted octanol–water partition coefficient (Wildman–Crippen LogP) is 1.59. The van der Waals surface area contributed by atoms with Crippen molar-refractivity contribution in [2.24, 2.45) is 0 Å². The first-order chi connectivity index (χ1) is 8.83. The second kappa shape index (κ2) is 5.97. The summed E-state index contributed by atoms with van der Waals surface area (Å²) in [5, 5.41) is 14.9. The van der Waals surface area contributed by atoms with E-state index in [4.69, 9.17) is 5.11 Å². The Kier molecular flexibility index (Phi) is 4.09. The van der Waals surface area contributed by atoms with Gasteiger partial charge in [-0.2, -0.15) is 0 Å². The average molecular weight is 244 g/mol. The van der Waals surface area contributed by atoms with E-state index in [9.17, 15) is 0 Å². The lowest BCUT2D eigenvalue weighted by molar-refractivity contribution is 0.311. The molecule has 0 spiro atoms. The van der Waals surface area contributed by atoms with Crippen LogP contribution in [0.1, 0.15) is 0 Å². The van der Waals surface area contributed by atoms with Gasteiger partial charge in [-0.05, 0) is 0 Å². The van der Waals surface area contributed by atoms with E-state index in [1.165, 1.54) is 0 Å². The van der Waals surface area contributed by atoms with E-state index < -0.39 is 0 Å². The molecule has 2 rings (SSSR count). The number of aromatic nitrogens is 2. The number of hydrogen-bond acceptors (Lipinski definition) is 5. The van der Waals surface area contributed by atoms with E-state index >= 15 is 0 Å². The minimum Gasteiger partial charge on any atom is -0.395 e. The molecular formula is C13H16N4O. The molecule has 0 fully saturated rings. The van der Waals surface area contributed by atoms with Crippen molar-refractivity contribution in [1.82, 2.24) is 9.97 Å². The number of nitrogens with one attached hydrogen (secondary N) is 2. The van der Waals surface area contributed by atoms with Crippen LogP contribution in [0.25, 0.3) is 11.4 Å². The maximum absolute atomic E-state index is 8.82. The molecular weight excluding hydrogens is 228 g/mol. The van der Waals surface area contributed by atoms with Gasteiger partial charge in [0.05, 0.1) is 6.61 Å². The Bertz CT molecular complexity index is 502. The van der Waals surface area contributed by atoms with Crippen LogP contribution >= 0.6 is 0 Å². The van der Waals surface area contributed by atoms with Crippen molar-refractivity contribution in [2.45, 2.75) is 0 Å². The summed E-state index contributed by atoms with van der Waals surface area (Å²) in [6.45, 7) is 0.536. The predicted molar refractivity (Wildman–Crippen MR) is 72.6 cm³/mol. The highest BCUT2D eigenvalue weighted by molar-refractivity contribution is 5.60. The zero-order valence-electron chi connectivity index (χ0n) is 10.2. The molecule has 5 nitrogen and oxygen atoms in total. The first kappa shape index (κ1) is 12.3. The van der Waals surface area contributed by atoms with Crippen molar-refractivity contribution in [1.29, 1.82) is 0 Å². The van der Waals surface area contributed by atoms with Gasteiger partial charge in [-0.3, -0.25) is 0 Å². The van der Waals surface area contributed by atoms with Gasteiger partial charge in [0.15, 0.2) is 5.82 Å². The quantitative estimate of drug-likeness (QED) is 0.745. The van der Waals surface area contributed by atoms with Gasteiger partial charge < -0.3 is 15.7 Å². The molecule has 0 bridgehead atoms. The molecule has 0 saturated heterocycles. The van der Waals surface area contributed by atoms with Gasteiger partial charge in [0.2, 0.25) is 0 Å². The molecule has 3 N–H and O–H groups in total. The van der Waals surface area contributed by atoms with Crippen molar-refractivity contribution < 1.29 is 5.11 Å². The summed E-state index contributed by atoms with van der Waals surface area (Å²) in [7, 11) is 1.81. The van der Waals surface area contributed by atoms with E-state index in [-0.39, 0.29) is 6.61 Å². The van der Waals surface area contributed by atoms with Crippen molar-refractivity contribution in [3.8, 4) is 11.4 Å². The molecule has 0 unspecified atom stereocenters. The zero-order chi connectivity index (χ0) is 12.8. The summed E-state index contributed by atoms with van der Waals surface area (Å²) in [4.78, 5) is 8.82. The number of rotatable bonds is 5. The monoisotopic (exact) mass is 244 g/mol. The Hall–Kier alpha value is -2.14. The van der Waals surface area contributed by atoms with Crippen LogP contribution in [0.15, 0.2) is 36.4 Å². The fourth-order valence-electron chi connectivity index (χ4n) is 1.57. The molecule has 0 aliphatic rings. The number of nitrogens with zero attached hydrogens (tertiary/aromatic N) is 2.